The van der Waals surface area contributed by atoms with Gasteiger partial charge in [0.05, 0.1) is 21.8 Å². The second-order valence-corrected chi connectivity index (χ2v) is 10.5. The highest BCUT2D eigenvalue weighted by Gasteiger charge is 2.27. The minimum Gasteiger partial charge on any atom is -0.478 e. The zero-order valence-electron chi connectivity index (χ0n) is 19.5. The second kappa shape index (κ2) is 9.38. The van der Waals surface area contributed by atoms with Crippen LogP contribution in [0.25, 0.3) is 0 Å². The van der Waals surface area contributed by atoms with Crippen molar-refractivity contribution in [3.63, 3.8) is 0 Å². The largest absolute Gasteiger partial charge is 0.478 e. The van der Waals surface area contributed by atoms with E-state index in [-0.39, 0.29) is 22.2 Å². The quantitative estimate of drug-likeness (QED) is 0.540. The number of sulfonamides is 1. The fourth-order valence-corrected chi connectivity index (χ4v) is 5.38. The van der Waals surface area contributed by atoms with E-state index in [0.29, 0.717) is 18.8 Å². The van der Waals surface area contributed by atoms with E-state index >= 15 is 0 Å². The molecule has 1 aliphatic rings. The van der Waals surface area contributed by atoms with Crippen LogP contribution in [-0.2, 0) is 10.0 Å². The maximum absolute atomic E-state index is 13.1. The molecule has 2 N–H and O–H groups in total. The lowest BCUT2D eigenvalue weighted by Crippen LogP contribution is -2.52. The van der Waals surface area contributed by atoms with Gasteiger partial charge in [-0.25, -0.2) is 13.2 Å². The summed E-state index contributed by atoms with van der Waals surface area (Å²) >= 11 is 0. The molecule has 7 nitrogen and oxygen atoms in total. The number of benzene rings is 3. The number of carbonyl (C=O) groups is 1. The predicted octanol–water partition coefficient (Wildman–Crippen LogP) is 4.52. The van der Waals surface area contributed by atoms with E-state index in [1.54, 1.807) is 30.3 Å². The number of carboxylic acid groups (broad SMARTS) is 1. The zero-order valence-corrected chi connectivity index (χ0v) is 20.3. The van der Waals surface area contributed by atoms with E-state index in [1.165, 1.54) is 17.7 Å². The van der Waals surface area contributed by atoms with Crippen molar-refractivity contribution in [3.8, 4) is 0 Å². The minimum atomic E-state index is -3.89. The van der Waals surface area contributed by atoms with Gasteiger partial charge in [-0.15, -0.1) is 0 Å². The van der Waals surface area contributed by atoms with Crippen LogP contribution < -0.4 is 14.5 Å². The van der Waals surface area contributed by atoms with Crippen LogP contribution in [0.3, 0.4) is 0 Å². The van der Waals surface area contributed by atoms with Crippen molar-refractivity contribution in [3.05, 3.63) is 83.4 Å². The molecule has 4 rings (SSSR count). The van der Waals surface area contributed by atoms with Crippen LogP contribution in [0.15, 0.2) is 71.6 Å². The Morgan fingerprint density at radius 3 is 2.35 bits per heavy atom. The Kier molecular flexibility index (Phi) is 6.52. The smallest absolute Gasteiger partial charge is 0.335 e. The highest BCUT2D eigenvalue weighted by molar-refractivity contribution is 7.92. The molecule has 0 spiro atoms. The summed E-state index contributed by atoms with van der Waals surface area (Å²) in [5.74, 6) is -1.11. The Morgan fingerprint density at radius 2 is 1.71 bits per heavy atom. The SMILES string of the molecule is Cc1ccc(S(=O)(=O)Nc2cc(C(=O)O)ccc2N2CCN(c3cccc(C)c3)C(C)C2)cc1. The summed E-state index contributed by atoms with van der Waals surface area (Å²) in [5.41, 5.74) is 4.26. The van der Waals surface area contributed by atoms with Gasteiger partial charge in [-0.05, 0) is 68.8 Å². The van der Waals surface area contributed by atoms with Gasteiger partial charge < -0.3 is 14.9 Å². The molecule has 1 saturated heterocycles. The van der Waals surface area contributed by atoms with Crippen molar-refractivity contribution in [2.75, 3.05) is 34.2 Å². The lowest BCUT2D eigenvalue weighted by Gasteiger charge is -2.43. The number of hydrogen-bond donors (Lipinski definition) is 2. The summed E-state index contributed by atoms with van der Waals surface area (Å²) in [7, 11) is -3.89. The predicted molar refractivity (Wildman–Crippen MR) is 136 cm³/mol. The maximum Gasteiger partial charge on any atom is 0.335 e. The van der Waals surface area contributed by atoms with Gasteiger partial charge in [-0.1, -0.05) is 29.8 Å². The zero-order chi connectivity index (χ0) is 24.5. The standard InChI is InChI=1S/C26H29N3O4S/c1-18-7-10-23(11-8-18)34(32,33)27-24-16-21(26(30)31)9-12-25(24)28-13-14-29(20(3)17-28)22-6-4-5-19(2)15-22/h4-12,15-16,20,27H,13-14,17H2,1-3H3,(H,30,31). The molecule has 0 saturated carbocycles. The van der Waals surface area contributed by atoms with Gasteiger partial charge in [0.15, 0.2) is 0 Å². The number of piperazine rings is 1. The summed E-state index contributed by atoms with van der Waals surface area (Å²) < 4.78 is 28.8. The van der Waals surface area contributed by atoms with Crippen LogP contribution in [0, 0.1) is 13.8 Å². The van der Waals surface area contributed by atoms with Gasteiger partial charge in [0.1, 0.15) is 0 Å². The summed E-state index contributed by atoms with van der Waals surface area (Å²) in [5, 5.41) is 9.48. The highest BCUT2D eigenvalue weighted by atomic mass is 32.2. The van der Waals surface area contributed by atoms with Crippen molar-refractivity contribution >= 4 is 33.1 Å². The molecule has 0 aromatic heterocycles. The van der Waals surface area contributed by atoms with Crippen LogP contribution >= 0.6 is 0 Å². The number of rotatable bonds is 6. The molecule has 3 aromatic carbocycles. The summed E-state index contributed by atoms with van der Waals surface area (Å²) in [6.07, 6.45) is 0. The minimum absolute atomic E-state index is 0.0248. The molecule has 3 aromatic rings. The molecule has 34 heavy (non-hydrogen) atoms. The molecule has 1 unspecified atom stereocenters. The average Bonchev–Trinajstić information content (AvgIpc) is 2.79. The lowest BCUT2D eigenvalue weighted by molar-refractivity contribution is 0.0697. The van der Waals surface area contributed by atoms with Gasteiger partial charge in [-0.3, -0.25) is 4.72 Å². The van der Waals surface area contributed by atoms with Crippen molar-refractivity contribution < 1.29 is 18.3 Å². The van der Waals surface area contributed by atoms with Crippen LogP contribution in [-0.4, -0.2) is 45.2 Å². The van der Waals surface area contributed by atoms with Gasteiger partial charge in [0.25, 0.3) is 10.0 Å². The van der Waals surface area contributed by atoms with E-state index in [4.69, 9.17) is 0 Å². The Bertz CT molecular complexity index is 1310. The van der Waals surface area contributed by atoms with Gasteiger partial charge in [0.2, 0.25) is 0 Å². The second-order valence-electron chi connectivity index (χ2n) is 8.78. The number of nitrogens with one attached hydrogen (secondary N) is 1. The number of anilines is 3. The number of aryl methyl sites for hydroxylation is 2. The van der Waals surface area contributed by atoms with Crippen molar-refractivity contribution in [1.82, 2.24) is 0 Å². The molecule has 1 fully saturated rings. The topological polar surface area (TPSA) is 89.9 Å². The normalized spacial score (nSPS) is 16.4. The van der Waals surface area contributed by atoms with Crippen LogP contribution in [0.1, 0.15) is 28.4 Å². The Morgan fingerprint density at radius 1 is 0.971 bits per heavy atom. The van der Waals surface area contributed by atoms with Crippen molar-refractivity contribution in [2.24, 2.45) is 0 Å². The van der Waals surface area contributed by atoms with E-state index in [1.807, 2.05) is 13.0 Å². The molecule has 0 amide bonds. The van der Waals surface area contributed by atoms with E-state index < -0.39 is 16.0 Å². The van der Waals surface area contributed by atoms with Crippen molar-refractivity contribution in [2.45, 2.75) is 31.7 Å². The Balaban J connectivity index is 1.63. The highest BCUT2D eigenvalue weighted by Crippen LogP contribution is 2.32. The molecule has 0 bridgehead atoms. The number of aromatic carboxylic acids is 1. The van der Waals surface area contributed by atoms with Crippen LogP contribution in [0.5, 0.6) is 0 Å². The number of hydrogen-bond acceptors (Lipinski definition) is 5. The van der Waals surface area contributed by atoms with Gasteiger partial charge in [-0.2, -0.15) is 0 Å². The van der Waals surface area contributed by atoms with E-state index in [2.05, 4.69) is 46.6 Å². The Labute approximate surface area is 200 Å². The van der Waals surface area contributed by atoms with Crippen LogP contribution in [0.2, 0.25) is 0 Å². The molecule has 0 radical (unpaired) electrons. The molecule has 178 valence electrons. The third-order valence-corrected chi connectivity index (χ3v) is 7.50. The molecule has 1 aliphatic heterocycles. The molecule has 1 atom stereocenters. The molecular weight excluding hydrogens is 450 g/mol. The fourth-order valence-electron chi connectivity index (χ4n) is 4.31. The first-order valence-corrected chi connectivity index (χ1v) is 12.7. The fraction of sp³-hybridized carbons (Fsp3) is 0.269. The summed E-state index contributed by atoms with van der Waals surface area (Å²) in [4.78, 5) is 16.2. The lowest BCUT2D eigenvalue weighted by atomic mass is 10.1. The Hall–Kier alpha value is -3.52. The monoisotopic (exact) mass is 479 g/mol. The van der Waals surface area contributed by atoms with E-state index in [0.717, 1.165) is 17.8 Å². The molecular formula is C26H29N3O4S. The maximum atomic E-state index is 13.1. The van der Waals surface area contributed by atoms with Crippen LogP contribution in [0.4, 0.5) is 17.1 Å². The third kappa shape index (κ3) is 5.02. The molecule has 1 heterocycles. The molecule has 8 heteroatoms. The van der Waals surface area contributed by atoms with Gasteiger partial charge in [0, 0.05) is 31.4 Å². The summed E-state index contributed by atoms with van der Waals surface area (Å²) in [6, 6.07) is 19.7. The molecule has 0 aliphatic carbocycles. The first-order valence-electron chi connectivity index (χ1n) is 11.2. The number of carboxylic acids is 1. The van der Waals surface area contributed by atoms with Crippen molar-refractivity contribution in [1.29, 1.82) is 0 Å². The summed E-state index contributed by atoms with van der Waals surface area (Å²) in [6.45, 7) is 8.19. The first-order chi connectivity index (χ1) is 16.1. The first kappa shape index (κ1) is 23.6. The van der Waals surface area contributed by atoms with E-state index in [9.17, 15) is 18.3 Å². The van der Waals surface area contributed by atoms with Gasteiger partial charge >= 0.3 is 5.97 Å². The average molecular weight is 480 g/mol. The third-order valence-electron chi connectivity index (χ3n) is 6.12. The number of nitrogens with zero attached hydrogens (tertiary/aromatic N) is 2.